The second kappa shape index (κ2) is 8.56. The van der Waals surface area contributed by atoms with Gasteiger partial charge in [0, 0.05) is 11.1 Å². The Morgan fingerprint density at radius 1 is 0.450 bits per heavy atom. The normalized spacial score (nSPS) is 13.4. The van der Waals surface area contributed by atoms with Crippen molar-refractivity contribution in [3.05, 3.63) is 167 Å². The summed E-state index contributed by atoms with van der Waals surface area (Å²) >= 11 is 0. The van der Waals surface area contributed by atoms with Gasteiger partial charge in [-0.3, -0.25) is 0 Å². The SMILES string of the molecule is N#Cc1cccc(-c2cccc(-c3ccc4c(c3)Oc3ccccc3C43c4ccccc4-c4ccccc43)c2)c1. The maximum atomic E-state index is 9.37. The minimum atomic E-state index is -0.449. The van der Waals surface area contributed by atoms with Gasteiger partial charge in [-0.1, -0.05) is 109 Å². The number of rotatable bonds is 2. The van der Waals surface area contributed by atoms with E-state index in [1.807, 2.05) is 30.3 Å². The van der Waals surface area contributed by atoms with E-state index in [1.165, 1.54) is 27.8 Å². The second-order valence-corrected chi connectivity index (χ2v) is 10.4. The van der Waals surface area contributed by atoms with Crippen molar-refractivity contribution in [3.63, 3.8) is 0 Å². The minimum absolute atomic E-state index is 0.449. The molecule has 0 bridgehead atoms. The first-order valence-electron chi connectivity index (χ1n) is 13.5. The topological polar surface area (TPSA) is 33.0 Å². The van der Waals surface area contributed by atoms with Crippen molar-refractivity contribution in [2.75, 3.05) is 0 Å². The van der Waals surface area contributed by atoms with E-state index in [1.54, 1.807) is 0 Å². The maximum absolute atomic E-state index is 9.37. The van der Waals surface area contributed by atoms with Crippen LogP contribution in [0, 0.1) is 11.3 Å². The third-order valence-corrected chi connectivity index (χ3v) is 8.37. The van der Waals surface area contributed by atoms with Gasteiger partial charge < -0.3 is 4.74 Å². The maximum Gasteiger partial charge on any atom is 0.132 e. The average molecular weight is 510 g/mol. The molecule has 0 saturated carbocycles. The molecule has 6 aromatic rings. The summed E-state index contributed by atoms with van der Waals surface area (Å²) < 4.78 is 6.67. The molecule has 0 atom stereocenters. The molecular formula is C38H23NO. The molecule has 186 valence electrons. The van der Waals surface area contributed by atoms with Crippen LogP contribution in [-0.2, 0) is 5.41 Å². The largest absolute Gasteiger partial charge is 0.457 e. The lowest BCUT2D eigenvalue weighted by Gasteiger charge is -2.39. The van der Waals surface area contributed by atoms with Gasteiger partial charge in [0.05, 0.1) is 17.0 Å². The molecule has 2 aliphatic rings. The lowest BCUT2D eigenvalue weighted by atomic mass is 9.66. The predicted octanol–water partition coefficient (Wildman–Crippen LogP) is 9.36. The van der Waals surface area contributed by atoms with E-state index in [-0.39, 0.29) is 0 Å². The average Bonchev–Trinajstić information content (AvgIpc) is 3.32. The van der Waals surface area contributed by atoms with Crippen LogP contribution >= 0.6 is 0 Å². The highest BCUT2D eigenvalue weighted by atomic mass is 16.5. The Hall–Kier alpha value is -5.39. The molecule has 1 spiro atoms. The van der Waals surface area contributed by atoms with Crippen molar-refractivity contribution in [1.82, 2.24) is 0 Å². The molecule has 40 heavy (non-hydrogen) atoms. The molecule has 2 heteroatoms. The number of nitrogens with zero attached hydrogens (tertiary/aromatic N) is 1. The standard InChI is InChI=1S/C38H23NO/c39-24-25-9-7-10-26(21-25)27-11-8-12-28(22-27)29-19-20-35-37(23-29)40-36-18-6-5-17-34(36)38(35)32-15-3-1-13-30(32)31-14-2-4-16-33(31)38/h1-23H. The summed E-state index contributed by atoms with van der Waals surface area (Å²) in [5, 5.41) is 9.37. The van der Waals surface area contributed by atoms with E-state index < -0.39 is 5.41 Å². The molecule has 0 N–H and O–H groups in total. The molecule has 1 aliphatic carbocycles. The van der Waals surface area contributed by atoms with E-state index in [0.29, 0.717) is 5.56 Å². The van der Waals surface area contributed by atoms with Gasteiger partial charge in [-0.2, -0.15) is 5.26 Å². The Morgan fingerprint density at radius 3 is 1.70 bits per heavy atom. The Morgan fingerprint density at radius 2 is 1.00 bits per heavy atom. The number of hydrogen-bond donors (Lipinski definition) is 0. The monoisotopic (exact) mass is 509 g/mol. The fraction of sp³-hybridized carbons (Fsp3) is 0.0263. The first-order valence-corrected chi connectivity index (χ1v) is 13.5. The van der Waals surface area contributed by atoms with Crippen molar-refractivity contribution in [1.29, 1.82) is 5.26 Å². The smallest absolute Gasteiger partial charge is 0.132 e. The molecular weight excluding hydrogens is 486 g/mol. The van der Waals surface area contributed by atoms with E-state index in [0.717, 1.165) is 39.3 Å². The summed E-state index contributed by atoms with van der Waals surface area (Å²) in [6, 6.07) is 51.1. The van der Waals surface area contributed by atoms with Gasteiger partial charge in [0.25, 0.3) is 0 Å². The van der Waals surface area contributed by atoms with Crippen LogP contribution in [0.25, 0.3) is 33.4 Å². The van der Waals surface area contributed by atoms with Gasteiger partial charge in [-0.15, -0.1) is 0 Å². The zero-order valence-electron chi connectivity index (χ0n) is 21.6. The number of nitriles is 1. The molecule has 2 nitrogen and oxygen atoms in total. The summed E-state index contributed by atoms with van der Waals surface area (Å²) in [7, 11) is 0. The van der Waals surface area contributed by atoms with Crippen LogP contribution in [-0.4, -0.2) is 0 Å². The van der Waals surface area contributed by atoms with Gasteiger partial charge >= 0.3 is 0 Å². The molecule has 0 radical (unpaired) electrons. The van der Waals surface area contributed by atoms with Crippen LogP contribution in [0.15, 0.2) is 140 Å². The second-order valence-electron chi connectivity index (χ2n) is 10.4. The summed E-state index contributed by atoms with van der Waals surface area (Å²) in [5.74, 6) is 1.76. The molecule has 0 unspecified atom stereocenters. The van der Waals surface area contributed by atoms with Crippen molar-refractivity contribution in [2.45, 2.75) is 5.41 Å². The van der Waals surface area contributed by atoms with Crippen LogP contribution in [0.1, 0.15) is 27.8 Å². The van der Waals surface area contributed by atoms with Crippen LogP contribution in [0.3, 0.4) is 0 Å². The van der Waals surface area contributed by atoms with Crippen molar-refractivity contribution >= 4 is 0 Å². The van der Waals surface area contributed by atoms with Crippen molar-refractivity contribution in [2.24, 2.45) is 0 Å². The quantitative estimate of drug-likeness (QED) is 0.233. The Labute approximate surface area is 233 Å². The molecule has 0 amide bonds. The van der Waals surface area contributed by atoms with Crippen LogP contribution < -0.4 is 4.74 Å². The van der Waals surface area contributed by atoms with Crippen LogP contribution in [0.2, 0.25) is 0 Å². The third kappa shape index (κ3) is 3.09. The van der Waals surface area contributed by atoms with Crippen LogP contribution in [0.5, 0.6) is 11.5 Å². The van der Waals surface area contributed by atoms with Crippen molar-refractivity contribution < 1.29 is 4.74 Å². The van der Waals surface area contributed by atoms with Gasteiger partial charge in [0.15, 0.2) is 0 Å². The number of para-hydroxylation sites is 1. The third-order valence-electron chi connectivity index (χ3n) is 8.37. The van der Waals surface area contributed by atoms with Gasteiger partial charge in [0.1, 0.15) is 11.5 Å². The summed E-state index contributed by atoms with van der Waals surface area (Å²) in [6.45, 7) is 0. The van der Waals surface area contributed by atoms with E-state index in [4.69, 9.17) is 4.74 Å². The Kier molecular flexibility index (Phi) is 4.83. The number of fused-ring (bicyclic) bond motifs is 9. The summed E-state index contributed by atoms with van der Waals surface area (Å²) in [5.41, 5.74) is 12.0. The summed E-state index contributed by atoms with van der Waals surface area (Å²) in [6.07, 6.45) is 0. The molecule has 0 aromatic heterocycles. The van der Waals surface area contributed by atoms with Crippen molar-refractivity contribution in [3.8, 4) is 50.9 Å². The number of ether oxygens (including phenoxy) is 1. The molecule has 1 heterocycles. The fourth-order valence-electron chi connectivity index (χ4n) is 6.69. The number of hydrogen-bond acceptors (Lipinski definition) is 2. The highest BCUT2D eigenvalue weighted by molar-refractivity contribution is 5.89. The predicted molar refractivity (Wildman–Crippen MR) is 159 cm³/mol. The highest BCUT2D eigenvalue weighted by Crippen LogP contribution is 2.62. The van der Waals surface area contributed by atoms with Gasteiger partial charge in [-0.05, 0) is 74.8 Å². The molecule has 0 fully saturated rings. The van der Waals surface area contributed by atoms with E-state index in [2.05, 4.69) is 115 Å². The van der Waals surface area contributed by atoms with Gasteiger partial charge in [0.2, 0.25) is 0 Å². The lowest BCUT2D eigenvalue weighted by Crippen LogP contribution is -2.32. The first-order chi connectivity index (χ1) is 19.8. The summed E-state index contributed by atoms with van der Waals surface area (Å²) in [4.78, 5) is 0. The molecule has 1 aliphatic heterocycles. The Bertz CT molecular complexity index is 1970. The fourth-order valence-corrected chi connectivity index (χ4v) is 6.69. The van der Waals surface area contributed by atoms with Gasteiger partial charge in [-0.25, -0.2) is 0 Å². The zero-order chi connectivity index (χ0) is 26.7. The van der Waals surface area contributed by atoms with E-state index in [9.17, 15) is 5.26 Å². The molecule has 8 rings (SSSR count). The van der Waals surface area contributed by atoms with E-state index >= 15 is 0 Å². The van der Waals surface area contributed by atoms with Crippen LogP contribution in [0.4, 0.5) is 0 Å². The highest BCUT2D eigenvalue weighted by Gasteiger charge is 2.50. The first kappa shape index (κ1) is 22.6. The minimum Gasteiger partial charge on any atom is -0.457 e. The molecule has 0 saturated heterocycles. The zero-order valence-corrected chi connectivity index (χ0v) is 21.6. The Balaban J connectivity index is 1.34. The number of benzene rings is 6. The lowest BCUT2D eigenvalue weighted by molar-refractivity contribution is 0.436. The molecule has 6 aromatic carbocycles.